The fourth-order valence-electron chi connectivity index (χ4n) is 3.70. The third kappa shape index (κ3) is 6.86. The second-order valence-corrected chi connectivity index (χ2v) is 8.39. The maximum Gasteiger partial charge on any atom is 0.309 e. The predicted octanol–water partition coefficient (Wildman–Crippen LogP) is 4.10. The van der Waals surface area contributed by atoms with E-state index >= 15 is 0 Å². The monoisotopic (exact) mass is 497 g/mol. The van der Waals surface area contributed by atoms with Crippen LogP contribution in [0.15, 0.2) is 42.6 Å². The van der Waals surface area contributed by atoms with E-state index in [1.807, 2.05) is 13.0 Å². The Labute approximate surface area is 206 Å². The van der Waals surface area contributed by atoms with Crippen LogP contribution < -0.4 is 4.74 Å². The summed E-state index contributed by atoms with van der Waals surface area (Å²) in [5.74, 6) is -0.196. The Morgan fingerprint density at radius 1 is 1.03 bits per heavy atom. The molecule has 182 valence electrons. The van der Waals surface area contributed by atoms with Gasteiger partial charge in [0, 0.05) is 17.8 Å². The van der Waals surface area contributed by atoms with Crippen molar-refractivity contribution in [1.29, 1.82) is 0 Å². The summed E-state index contributed by atoms with van der Waals surface area (Å²) in [5, 5.41) is 24.4. The predicted molar refractivity (Wildman–Crippen MR) is 126 cm³/mol. The number of carboxylic acid groups (broad SMARTS) is 1. The van der Waals surface area contributed by atoms with Gasteiger partial charge in [-0.2, -0.15) is 0 Å². The molecule has 10 nitrogen and oxygen atoms in total. The molecule has 3 aromatic heterocycles. The molecule has 1 aliphatic rings. The summed E-state index contributed by atoms with van der Waals surface area (Å²) >= 11 is 5.38. The Hall–Kier alpha value is -3.79. The summed E-state index contributed by atoms with van der Waals surface area (Å²) in [4.78, 5) is 36.4. The SMILES string of the molecule is CCC1(C(=O)O)CCC(Oc2ccc(-c3ccc(C=O)nn3)cn2)CC1.O=Cc1ccc(Cl)nn1. The van der Waals surface area contributed by atoms with Gasteiger partial charge in [-0.15, -0.1) is 20.4 Å². The third-order valence-corrected chi connectivity index (χ3v) is 6.12. The van der Waals surface area contributed by atoms with Gasteiger partial charge in [-0.3, -0.25) is 14.4 Å². The van der Waals surface area contributed by atoms with E-state index in [0.717, 1.165) is 5.56 Å². The zero-order valence-corrected chi connectivity index (χ0v) is 19.8. The Bertz CT molecular complexity index is 1130. The van der Waals surface area contributed by atoms with Crippen molar-refractivity contribution in [2.45, 2.75) is 45.1 Å². The van der Waals surface area contributed by atoms with Crippen LogP contribution in [0.4, 0.5) is 0 Å². The van der Waals surface area contributed by atoms with E-state index in [1.54, 1.807) is 24.4 Å². The van der Waals surface area contributed by atoms with Gasteiger partial charge in [0.15, 0.2) is 17.7 Å². The molecule has 11 heteroatoms. The maximum absolute atomic E-state index is 11.5. The normalized spacial score (nSPS) is 19.1. The number of aldehydes is 2. The smallest absolute Gasteiger partial charge is 0.309 e. The lowest BCUT2D eigenvalue weighted by molar-refractivity contribution is -0.152. The van der Waals surface area contributed by atoms with Crippen molar-refractivity contribution in [2.24, 2.45) is 5.41 Å². The minimum atomic E-state index is -0.706. The first-order valence-electron chi connectivity index (χ1n) is 11.0. The number of carbonyl (C=O) groups is 3. The molecule has 3 aromatic rings. The lowest BCUT2D eigenvalue weighted by Crippen LogP contribution is -2.38. The number of hydrogen-bond acceptors (Lipinski definition) is 9. The highest BCUT2D eigenvalue weighted by molar-refractivity contribution is 6.29. The Kier molecular flexibility index (Phi) is 8.91. The first-order chi connectivity index (χ1) is 16.9. The fourth-order valence-corrected chi connectivity index (χ4v) is 3.80. The van der Waals surface area contributed by atoms with Crippen molar-refractivity contribution >= 4 is 30.1 Å². The average molecular weight is 498 g/mol. The molecule has 3 heterocycles. The zero-order chi connectivity index (χ0) is 25.3. The van der Waals surface area contributed by atoms with Crippen LogP contribution in [0.1, 0.15) is 60.0 Å². The number of halogens is 1. The highest BCUT2D eigenvalue weighted by Crippen LogP contribution is 2.40. The van der Waals surface area contributed by atoms with Crippen LogP contribution in [-0.4, -0.2) is 55.1 Å². The molecule has 0 saturated heterocycles. The summed E-state index contributed by atoms with van der Waals surface area (Å²) < 4.78 is 5.91. The number of aliphatic carboxylic acids is 1. The number of nitrogens with zero attached hydrogens (tertiary/aromatic N) is 5. The van der Waals surface area contributed by atoms with Crippen molar-refractivity contribution in [2.75, 3.05) is 0 Å². The maximum atomic E-state index is 11.5. The number of ether oxygens (including phenoxy) is 1. The quantitative estimate of drug-likeness (QED) is 0.473. The standard InChI is InChI=1S/C19H21N3O4.C5H3ClN2O/c1-2-19(18(24)25)9-7-15(8-10-19)26-17-6-3-13(11-20-17)16-5-4-14(12-23)21-22-16;6-5-2-1-4(3-9)7-8-5/h3-6,11-12,15H,2,7-10H2,1H3,(H,24,25);1-3H. The van der Waals surface area contributed by atoms with Crippen LogP contribution in [0.5, 0.6) is 5.88 Å². The van der Waals surface area contributed by atoms with E-state index in [2.05, 4.69) is 25.4 Å². The van der Waals surface area contributed by atoms with Crippen LogP contribution in [0.2, 0.25) is 5.15 Å². The van der Waals surface area contributed by atoms with Crippen molar-refractivity contribution in [3.63, 3.8) is 0 Å². The minimum absolute atomic E-state index is 0.0148. The van der Waals surface area contributed by atoms with Crippen molar-refractivity contribution in [3.8, 4) is 17.1 Å². The second-order valence-electron chi connectivity index (χ2n) is 8.00. The van der Waals surface area contributed by atoms with E-state index in [-0.39, 0.29) is 11.8 Å². The first kappa shape index (κ1) is 25.8. The van der Waals surface area contributed by atoms with Gasteiger partial charge < -0.3 is 9.84 Å². The van der Waals surface area contributed by atoms with Crippen LogP contribution >= 0.6 is 11.6 Å². The highest BCUT2D eigenvalue weighted by Gasteiger charge is 2.40. The Balaban J connectivity index is 0.000000320. The minimum Gasteiger partial charge on any atom is -0.481 e. The van der Waals surface area contributed by atoms with Crippen molar-refractivity contribution < 1.29 is 24.2 Å². The van der Waals surface area contributed by atoms with Gasteiger partial charge in [0.2, 0.25) is 5.88 Å². The van der Waals surface area contributed by atoms with E-state index in [0.29, 0.717) is 67.1 Å². The number of pyridine rings is 1. The van der Waals surface area contributed by atoms with E-state index < -0.39 is 11.4 Å². The molecule has 0 unspecified atom stereocenters. The molecule has 0 radical (unpaired) electrons. The fraction of sp³-hybridized carbons (Fsp3) is 0.333. The number of hydrogen-bond donors (Lipinski definition) is 1. The van der Waals surface area contributed by atoms with Gasteiger partial charge in [-0.05, 0) is 62.4 Å². The van der Waals surface area contributed by atoms with Gasteiger partial charge in [-0.25, -0.2) is 4.98 Å². The third-order valence-electron chi connectivity index (χ3n) is 5.92. The molecule has 1 aliphatic carbocycles. The molecule has 0 bridgehead atoms. The molecule has 0 aromatic carbocycles. The molecule has 0 amide bonds. The van der Waals surface area contributed by atoms with Crippen molar-refractivity contribution in [1.82, 2.24) is 25.4 Å². The molecular weight excluding hydrogens is 474 g/mol. The van der Waals surface area contributed by atoms with Crippen LogP contribution in [0, 0.1) is 5.41 Å². The lowest BCUT2D eigenvalue weighted by atomic mass is 9.71. The van der Waals surface area contributed by atoms with Crippen LogP contribution in [-0.2, 0) is 4.79 Å². The van der Waals surface area contributed by atoms with Gasteiger partial charge in [0.25, 0.3) is 0 Å². The highest BCUT2D eigenvalue weighted by atomic mass is 35.5. The average Bonchev–Trinajstić information content (AvgIpc) is 2.90. The second kappa shape index (κ2) is 12.1. The molecule has 1 fully saturated rings. The number of carbonyl (C=O) groups excluding carboxylic acids is 2. The van der Waals surface area contributed by atoms with Gasteiger partial charge in [0.1, 0.15) is 17.5 Å². The van der Waals surface area contributed by atoms with Gasteiger partial charge in [-0.1, -0.05) is 18.5 Å². The van der Waals surface area contributed by atoms with E-state index in [1.165, 1.54) is 12.1 Å². The van der Waals surface area contributed by atoms with Gasteiger partial charge >= 0.3 is 5.97 Å². The van der Waals surface area contributed by atoms with Crippen LogP contribution in [0.25, 0.3) is 11.3 Å². The lowest BCUT2D eigenvalue weighted by Gasteiger charge is -2.35. The molecule has 1 N–H and O–H groups in total. The summed E-state index contributed by atoms with van der Waals surface area (Å²) in [6.45, 7) is 1.93. The van der Waals surface area contributed by atoms with E-state index in [4.69, 9.17) is 16.3 Å². The number of rotatable bonds is 7. The Morgan fingerprint density at radius 3 is 2.14 bits per heavy atom. The molecule has 4 rings (SSSR count). The number of aromatic nitrogens is 5. The summed E-state index contributed by atoms with van der Waals surface area (Å²) in [6.07, 6.45) is 6.21. The molecular formula is C24H24ClN5O5. The summed E-state index contributed by atoms with van der Waals surface area (Å²) in [5.41, 5.74) is 1.37. The largest absolute Gasteiger partial charge is 0.481 e. The summed E-state index contributed by atoms with van der Waals surface area (Å²) in [7, 11) is 0. The van der Waals surface area contributed by atoms with Crippen molar-refractivity contribution in [3.05, 3.63) is 59.1 Å². The first-order valence-corrected chi connectivity index (χ1v) is 11.4. The van der Waals surface area contributed by atoms with E-state index in [9.17, 15) is 19.5 Å². The number of carboxylic acids is 1. The van der Waals surface area contributed by atoms with Gasteiger partial charge in [0.05, 0.1) is 11.1 Å². The molecule has 0 spiro atoms. The summed E-state index contributed by atoms with van der Waals surface area (Å²) in [6, 6.07) is 9.93. The molecule has 35 heavy (non-hydrogen) atoms. The molecule has 0 atom stereocenters. The Morgan fingerprint density at radius 2 is 1.69 bits per heavy atom. The molecule has 1 saturated carbocycles. The topological polar surface area (TPSA) is 145 Å². The van der Waals surface area contributed by atoms with Crippen LogP contribution in [0.3, 0.4) is 0 Å². The zero-order valence-electron chi connectivity index (χ0n) is 19.0. The molecule has 0 aliphatic heterocycles.